The van der Waals surface area contributed by atoms with Crippen molar-refractivity contribution < 1.29 is 18.8 Å². The number of non-ortho nitro benzene ring substituents is 1. The van der Waals surface area contributed by atoms with Crippen LogP contribution < -0.4 is 5.32 Å². The van der Waals surface area contributed by atoms with Gasteiger partial charge in [0.1, 0.15) is 0 Å². The molecule has 20 heavy (non-hydrogen) atoms. The second kappa shape index (κ2) is 6.60. The fourth-order valence-corrected chi connectivity index (χ4v) is 1.76. The normalized spacial score (nSPS) is 11.7. The van der Waals surface area contributed by atoms with Crippen molar-refractivity contribution in [1.29, 1.82) is 0 Å². The van der Waals surface area contributed by atoms with Crippen molar-refractivity contribution in [3.63, 3.8) is 0 Å². The molecule has 0 aliphatic heterocycles. The van der Waals surface area contributed by atoms with Crippen LogP contribution in [0.5, 0.6) is 0 Å². The van der Waals surface area contributed by atoms with Gasteiger partial charge in [-0.2, -0.15) is 0 Å². The molecular formula is C13H18F2N2O3. The molecule has 0 unspecified atom stereocenters. The van der Waals surface area contributed by atoms with Gasteiger partial charge in [-0.25, -0.2) is 8.78 Å². The predicted octanol–water partition coefficient (Wildman–Crippen LogP) is 3.50. The first kappa shape index (κ1) is 16.3. The minimum Gasteiger partial charge on any atom is -0.388 e. The molecule has 0 aliphatic carbocycles. The van der Waals surface area contributed by atoms with E-state index in [2.05, 4.69) is 5.32 Å². The SMILES string of the molecule is CCC(O)(CC)CNc1ccc([N+](=O)[O-])cc1C(F)F. The fourth-order valence-electron chi connectivity index (χ4n) is 1.76. The maximum Gasteiger partial charge on any atom is 0.270 e. The Bertz CT molecular complexity index is 477. The molecule has 0 spiro atoms. The quantitative estimate of drug-likeness (QED) is 0.595. The van der Waals surface area contributed by atoms with Crippen LogP contribution in [0.15, 0.2) is 18.2 Å². The first-order valence-corrected chi connectivity index (χ1v) is 6.35. The Morgan fingerprint density at radius 2 is 2.00 bits per heavy atom. The van der Waals surface area contributed by atoms with Gasteiger partial charge in [0.25, 0.3) is 12.1 Å². The summed E-state index contributed by atoms with van der Waals surface area (Å²) in [6.07, 6.45) is -1.87. The van der Waals surface area contributed by atoms with Crippen molar-refractivity contribution in [2.75, 3.05) is 11.9 Å². The fraction of sp³-hybridized carbons (Fsp3) is 0.538. The molecule has 0 bridgehead atoms. The highest BCUT2D eigenvalue weighted by Crippen LogP contribution is 2.31. The van der Waals surface area contributed by atoms with Crippen molar-refractivity contribution in [2.45, 2.75) is 38.7 Å². The Hall–Kier alpha value is -1.76. The summed E-state index contributed by atoms with van der Waals surface area (Å²) in [6, 6.07) is 3.25. The number of nitrogens with zero attached hydrogens (tertiary/aromatic N) is 1. The number of halogens is 2. The lowest BCUT2D eigenvalue weighted by Gasteiger charge is -2.26. The zero-order valence-corrected chi connectivity index (χ0v) is 11.4. The van der Waals surface area contributed by atoms with Crippen molar-refractivity contribution in [1.82, 2.24) is 0 Å². The summed E-state index contributed by atoms with van der Waals surface area (Å²) >= 11 is 0. The molecule has 1 rings (SSSR count). The minimum absolute atomic E-state index is 0.103. The predicted molar refractivity (Wildman–Crippen MR) is 72.1 cm³/mol. The number of alkyl halides is 2. The van der Waals surface area contributed by atoms with E-state index in [4.69, 9.17) is 0 Å². The first-order chi connectivity index (χ1) is 9.33. The van der Waals surface area contributed by atoms with Gasteiger partial charge in [-0.1, -0.05) is 13.8 Å². The van der Waals surface area contributed by atoms with E-state index >= 15 is 0 Å². The highest BCUT2D eigenvalue weighted by atomic mass is 19.3. The molecular weight excluding hydrogens is 270 g/mol. The topological polar surface area (TPSA) is 75.4 Å². The molecule has 1 aromatic rings. The summed E-state index contributed by atoms with van der Waals surface area (Å²) in [4.78, 5) is 9.88. The van der Waals surface area contributed by atoms with Gasteiger partial charge in [-0.3, -0.25) is 10.1 Å². The van der Waals surface area contributed by atoms with Gasteiger partial charge in [0.05, 0.1) is 10.5 Å². The van der Waals surface area contributed by atoms with Crippen LogP contribution in [0, 0.1) is 10.1 Å². The molecule has 0 saturated carbocycles. The minimum atomic E-state index is -2.83. The number of benzene rings is 1. The smallest absolute Gasteiger partial charge is 0.270 e. The van der Waals surface area contributed by atoms with Crippen LogP contribution in [0.2, 0.25) is 0 Å². The van der Waals surface area contributed by atoms with E-state index in [0.717, 1.165) is 12.1 Å². The van der Waals surface area contributed by atoms with Crippen LogP contribution in [-0.2, 0) is 0 Å². The Kier molecular flexibility index (Phi) is 5.38. The summed E-state index contributed by atoms with van der Waals surface area (Å²) < 4.78 is 25.9. The Balaban J connectivity index is 2.98. The zero-order chi connectivity index (χ0) is 15.3. The van der Waals surface area contributed by atoms with Gasteiger partial charge in [-0.05, 0) is 18.9 Å². The molecule has 7 heteroatoms. The molecule has 0 amide bonds. The summed E-state index contributed by atoms with van der Waals surface area (Å²) in [5.41, 5.74) is -1.70. The monoisotopic (exact) mass is 288 g/mol. The summed E-state index contributed by atoms with van der Waals surface area (Å²) in [5.74, 6) is 0. The third-order valence-corrected chi connectivity index (χ3v) is 3.41. The lowest BCUT2D eigenvalue weighted by Crippen LogP contribution is -2.35. The largest absolute Gasteiger partial charge is 0.388 e. The van der Waals surface area contributed by atoms with Gasteiger partial charge in [0.15, 0.2) is 0 Å². The molecule has 0 aliphatic rings. The molecule has 1 aromatic carbocycles. The van der Waals surface area contributed by atoms with Crippen LogP contribution in [0.25, 0.3) is 0 Å². The van der Waals surface area contributed by atoms with Gasteiger partial charge >= 0.3 is 0 Å². The lowest BCUT2D eigenvalue weighted by molar-refractivity contribution is -0.385. The van der Waals surface area contributed by atoms with Crippen molar-refractivity contribution in [3.8, 4) is 0 Å². The Morgan fingerprint density at radius 1 is 1.40 bits per heavy atom. The van der Waals surface area contributed by atoms with E-state index in [1.807, 2.05) is 0 Å². The van der Waals surface area contributed by atoms with Gasteiger partial charge < -0.3 is 10.4 Å². The van der Waals surface area contributed by atoms with Gasteiger partial charge in [0, 0.05) is 29.9 Å². The molecule has 112 valence electrons. The second-order valence-electron chi connectivity index (χ2n) is 4.61. The average molecular weight is 288 g/mol. The van der Waals surface area contributed by atoms with Crippen LogP contribution in [-0.4, -0.2) is 22.2 Å². The second-order valence-corrected chi connectivity index (χ2v) is 4.61. The molecule has 2 N–H and O–H groups in total. The number of nitrogens with one attached hydrogen (secondary N) is 1. The third kappa shape index (κ3) is 3.86. The van der Waals surface area contributed by atoms with Crippen LogP contribution in [0.4, 0.5) is 20.2 Å². The van der Waals surface area contributed by atoms with Gasteiger partial charge in [0.2, 0.25) is 0 Å². The molecule has 0 saturated heterocycles. The maximum absolute atomic E-state index is 12.9. The molecule has 0 radical (unpaired) electrons. The molecule has 0 aromatic heterocycles. The first-order valence-electron chi connectivity index (χ1n) is 6.35. The molecule has 0 fully saturated rings. The standard InChI is InChI=1S/C13H18F2N2O3/c1-3-13(18,4-2)8-16-11-6-5-9(17(19)20)7-10(11)12(14)15/h5-7,12,16,18H,3-4,8H2,1-2H3. The van der Waals surface area contributed by atoms with Crippen LogP contribution in [0.3, 0.4) is 0 Å². The average Bonchev–Trinajstić information content (AvgIpc) is 2.44. The van der Waals surface area contributed by atoms with E-state index in [-0.39, 0.29) is 17.9 Å². The number of rotatable bonds is 7. The van der Waals surface area contributed by atoms with E-state index in [0.29, 0.717) is 12.8 Å². The van der Waals surface area contributed by atoms with E-state index in [9.17, 15) is 24.0 Å². The Morgan fingerprint density at radius 3 is 2.45 bits per heavy atom. The highest BCUT2D eigenvalue weighted by molar-refractivity contribution is 5.56. The number of aliphatic hydroxyl groups is 1. The molecule has 0 heterocycles. The summed E-state index contributed by atoms with van der Waals surface area (Å²) in [7, 11) is 0. The van der Waals surface area contributed by atoms with Crippen LogP contribution >= 0.6 is 0 Å². The number of anilines is 1. The van der Waals surface area contributed by atoms with Crippen molar-refractivity contribution in [2.24, 2.45) is 0 Å². The summed E-state index contributed by atoms with van der Waals surface area (Å²) in [5, 5.41) is 23.5. The number of nitro groups is 1. The number of hydrogen-bond acceptors (Lipinski definition) is 4. The maximum atomic E-state index is 12.9. The van der Waals surface area contributed by atoms with Crippen molar-refractivity contribution in [3.05, 3.63) is 33.9 Å². The van der Waals surface area contributed by atoms with E-state index in [1.165, 1.54) is 6.07 Å². The Labute approximate surface area is 115 Å². The number of nitro benzene ring substituents is 1. The van der Waals surface area contributed by atoms with E-state index < -0.39 is 22.5 Å². The summed E-state index contributed by atoms with van der Waals surface area (Å²) in [6.45, 7) is 3.71. The van der Waals surface area contributed by atoms with Gasteiger partial charge in [-0.15, -0.1) is 0 Å². The zero-order valence-electron chi connectivity index (χ0n) is 11.4. The van der Waals surface area contributed by atoms with E-state index in [1.54, 1.807) is 13.8 Å². The molecule has 0 atom stereocenters. The molecule has 5 nitrogen and oxygen atoms in total. The highest BCUT2D eigenvalue weighted by Gasteiger charge is 2.24. The lowest BCUT2D eigenvalue weighted by atomic mass is 9.97. The number of hydrogen-bond donors (Lipinski definition) is 2. The third-order valence-electron chi connectivity index (χ3n) is 3.41. The van der Waals surface area contributed by atoms with Crippen LogP contribution in [0.1, 0.15) is 38.7 Å². The van der Waals surface area contributed by atoms with Crippen molar-refractivity contribution >= 4 is 11.4 Å².